The third-order valence-electron chi connectivity index (χ3n) is 2.18. The van der Waals surface area contributed by atoms with Gasteiger partial charge in [0.25, 0.3) is 0 Å². The first-order valence-corrected chi connectivity index (χ1v) is 5.92. The molecule has 0 atom stereocenters. The number of hydrogen-bond acceptors (Lipinski definition) is 5. The summed E-state index contributed by atoms with van der Waals surface area (Å²) in [5, 5.41) is 0. The summed E-state index contributed by atoms with van der Waals surface area (Å²) in [7, 11) is 0. The van der Waals surface area contributed by atoms with Crippen molar-refractivity contribution in [3.8, 4) is 0 Å². The molecule has 1 heterocycles. The van der Waals surface area contributed by atoms with Gasteiger partial charge in [-0.05, 0) is 5.56 Å². The summed E-state index contributed by atoms with van der Waals surface area (Å²) in [4.78, 5) is 20.7. The van der Waals surface area contributed by atoms with Gasteiger partial charge in [0.1, 0.15) is 13.2 Å². The second-order valence-corrected chi connectivity index (χ2v) is 4.43. The van der Waals surface area contributed by atoms with Gasteiger partial charge in [-0.15, -0.1) is 0 Å². The highest BCUT2D eigenvalue weighted by Crippen LogP contribution is 2.16. The van der Waals surface area contributed by atoms with Gasteiger partial charge >= 0.3 is 11.9 Å². The zero-order chi connectivity index (χ0) is 14.3. The van der Waals surface area contributed by atoms with E-state index in [1.165, 1.54) is 6.92 Å². The number of benzene rings is 1. The summed E-state index contributed by atoms with van der Waals surface area (Å²) >= 11 is 0. The van der Waals surface area contributed by atoms with Crippen LogP contribution in [0.15, 0.2) is 30.3 Å². The van der Waals surface area contributed by atoms with Crippen molar-refractivity contribution in [1.82, 2.24) is 0 Å². The van der Waals surface area contributed by atoms with Gasteiger partial charge in [0.15, 0.2) is 0 Å². The van der Waals surface area contributed by atoms with Gasteiger partial charge in [-0.1, -0.05) is 30.3 Å². The van der Waals surface area contributed by atoms with Crippen molar-refractivity contribution in [3.63, 3.8) is 0 Å². The fourth-order valence-electron chi connectivity index (χ4n) is 1.32. The molecule has 104 valence electrons. The van der Waals surface area contributed by atoms with E-state index in [0.717, 1.165) is 5.56 Å². The second kappa shape index (κ2) is 6.89. The standard InChI is InChI=1S/C9H10O2.C5H8O3/c1-8(10)11-7-9-5-3-2-4-6-9;1-5(2)7-3-4(6)8-5/h2-6H,7H2,1H3;3H2,1-2H3. The molecule has 19 heavy (non-hydrogen) atoms. The Kier molecular flexibility index (Phi) is 5.51. The van der Waals surface area contributed by atoms with Gasteiger partial charge in [0.05, 0.1) is 0 Å². The van der Waals surface area contributed by atoms with E-state index in [9.17, 15) is 9.59 Å². The molecule has 5 heteroatoms. The molecule has 0 bridgehead atoms. The Morgan fingerprint density at radius 3 is 2.32 bits per heavy atom. The highest BCUT2D eigenvalue weighted by atomic mass is 16.8. The monoisotopic (exact) mass is 266 g/mol. The number of ether oxygens (including phenoxy) is 3. The molecule has 0 aromatic heterocycles. The zero-order valence-electron chi connectivity index (χ0n) is 11.3. The van der Waals surface area contributed by atoms with Crippen LogP contribution in [0.25, 0.3) is 0 Å². The molecular formula is C14H18O5. The summed E-state index contributed by atoms with van der Waals surface area (Å²) < 4.78 is 14.4. The van der Waals surface area contributed by atoms with Crippen LogP contribution in [0, 0.1) is 0 Å². The van der Waals surface area contributed by atoms with E-state index in [2.05, 4.69) is 4.74 Å². The SMILES string of the molecule is CC(=O)OCc1ccccc1.CC1(C)OCC(=O)O1. The number of carbonyl (C=O) groups is 2. The molecule has 0 N–H and O–H groups in total. The topological polar surface area (TPSA) is 61.8 Å². The first-order valence-electron chi connectivity index (χ1n) is 5.92. The molecule has 1 aliphatic heterocycles. The van der Waals surface area contributed by atoms with Crippen LogP contribution in [0.2, 0.25) is 0 Å². The van der Waals surface area contributed by atoms with Crippen LogP contribution < -0.4 is 0 Å². The maximum atomic E-state index is 10.4. The molecule has 2 rings (SSSR count). The predicted octanol–water partition coefficient (Wildman–Crippen LogP) is 2.05. The number of cyclic esters (lactones) is 1. The first-order chi connectivity index (χ1) is 8.89. The van der Waals surface area contributed by atoms with Crippen molar-refractivity contribution in [2.45, 2.75) is 33.2 Å². The minimum atomic E-state index is -0.683. The molecule has 1 fully saturated rings. The Balaban J connectivity index is 0.000000200. The molecule has 1 aromatic carbocycles. The average molecular weight is 266 g/mol. The summed E-state index contributed by atoms with van der Waals surface area (Å²) in [5.41, 5.74) is 1.02. The molecule has 0 radical (unpaired) electrons. The van der Waals surface area contributed by atoms with Crippen molar-refractivity contribution in [3.05, 3.63) is 35.9 Å². The van der Waals surface area contributed by atoms with E-state index in [1.54, 1.807) is 13.8 Å². The van der Waals surface area contributed by atoms with Crippen LogP contribution in [0.4, 0.5) is 0 Å². The summed E-state index contributed by atoms with van der Waals surface area (Å²) in [6, 6.07) is 9.60. The summed E-state index contributed by atoms with van der Waals surface area (Å²) in [5.74, 6) is -1.21. The largest absolute Gasteiger partial charge is 0.461 e. The third kappa shape index (κ3) is 6.57. The number of carbonyl (C=O) groups excluding carboxylic acids is 2. The maximum Gasteiger partial charge on any atom is 0.334 e. The molecule has 0 spiro atoms. The molecule has 0 unspecified atom stereocenters. The van der Waals surface area contributed by atoms with Gasteiger partial charge in [-0.3, -0.25) is 4.79 Å². The van der Waals surface area contributed by atoms with Crippen LogP contribution in [-0.4, -0.2) is 24.3 Å². The van der Waals surface area contributed by atoms with E-state index < -0.39 is 5.79 Å². The van der Waals surface area contributed by atoms with Crippen LogP contribution in [-0.2, 0) is 30.4 Å². The Bertz CT molecular complexity index is 425. The fraction of sp³-hybridized carbons (Fsp3) is 0.429. The Hall–Kier alpha value is -1.88. The Morgan fingerprint density at radius 2 is 1.95 bits per heavy atom. The lowest BCUT2D eigenvalue weighted by atomic mass is 10.2. The normalized spacial score (nSPS) is 16.1. The second-order valence-electron chi connectivity index (χ2n) is 4.43. The van der Waals surface area contributed by atoms with E-state index in [0.29, 0.717) is 6.61 Å². The van der Waals surface area contributed by atoms with Crippen LogP contribution in [0.5, 0.6) is 0 Å². The van der Waals surface area contributed by atoms with E-state index in [1.807, 2.05) is 30.3 Å². The Morgan fingerprint density at radius 1 is 1.32 bits per heavy atom. The lowest BCUT2D eigenvalue weighted by molar-refractivity contribution is -0.159. The highest BCUT2D eigenvalue weighted by molar-refractivity contribution is 5.72. The summed E-state index contributed by atoms with van der Waals surface area (Å²) in [6.45, 7) is 5.28. The van der Waals surface area contributed by atoms with Crippen LogP contribution in [0.1, 0.15) is 26.3 Å². The smallest absolute Gasteiger partial charge is 0.334 e. The third-order valence-corrected chi connectivity index (χ3v) is 2.18. The van der Waals surface area contributed by atoms with Gasteiger partial charge < -0.3 is 14.2 Å². The van der Waals surface area contributed by atoms with Crippen LogP contribution >= 0.6 is 0 Å². The van der Waals surface area contributed by atoms with E-state index in [-0.39, 0.29) is 18.5 Å². The molecule has 1 saturated heterocycles. The molecular weight excluding hydrogens is 248 g/mol. The van der Waals surface area contributed by atoms with Gasteiger partial charge in [0, 0.05) is 20.8 Å². The van der Waals surface area contributed by atoms with Crippen molar-refractivity contribution >= 4 is 11.9 Å². The van der Waals surface area contributed by atoms with Crippen LogP contribution in [0.3, 0.4) is 0 Å². The van der Waals surface area contributed by atoms with Gasteiger partial charge in [0.2, 0.25) is 5.79 Å². The number of rotatable bonds is 2. The lowest BCUT2D eigenvalue weighted by Crippen LogP contribution is -2.19. The van der Waals surface area contributed by atoms with Crippen molar-refractivity contribution < 1.29 is 23.8 Å². The lowest BCUT2D eigenvalue weighted by Gasteiger charge is -2.13. The number of hydrogen-bond donors (Lipinski definition) is 0. The minimum Gasteiger partial charge on any atom is -0.461 e. The fourth-order valence-corrected chi connectivity index (χ4v) is 1.32. The minimum absolute atomic E-state index is 0.0903. The van der Waals surface area contributed by atoms with Crippen molar-refractivity contribution in [1.29, 1.82) is 0 Å². The molecule has 0 aliphatic carbocycles. The molecule has 0 amide bonds. The molecule has 1 aromatic rings. The van der Waals surface area contributed by atoms with E-state index >= 15 is 0 Å². The van der Waals surface area contributed by atoms with Crippen molar-refractivity contribution in [2.24, 2.45) is 0 Å². The van der Waals surface area contributed by atoms with Gasteiger partial charge in [-0.2, -0.15) is 0 Å². The maximum absolute atomic E-state index is 10.4. The first kappa shape index (κ1) is 15.2. The molecule has 1 aliphatic rings. The Labute approximate surface area is 112 Å². The number of esters is 2. The van der Waals surface area contributed by atoms with Crippen molar-refractivity contribution in [2.75, 3.05) is 6.61 Å². The molecule has 0 saturated carbocycles. The zero-order valence-corrected chi connectivity index (χ0v) is 11.3. The summed E-state index contributed by atoms with van der Waals surface area (Å²) in [6.07, 6.45) is 0. The molecule has 5 nitrogen and oxygen atoms in total. The average Bonchev–Trinajstić information content (AvgIpc) is 2.67. The quantitative estimate of drug-likeness (QED) is 0.767. The van der Waals surface area contributed by atoms with E-state index in [4.69, 9.17) is 9.47 Å². The predicted molar refractivity (Wildman–Crippen MR) is 68.0 cm³/mol. The van der Waals surface area contributed by atoms with Gasteiger partial charge in [-0.25, -0.2) is 4.79 Å². The highest BCUT2D eigenvalue weighted by Gasteiger charge is 2.31.